The Morgan fingerprint density at radius 2 is 2.12 bits per heavy atom. The lowest BCUT2D eigenvalue weighted by molar-refractivity contribution is 0.0535. The molecule has 0 saturated heterocycles. The first-order valence-electron chi connectivity index (χ1n) is 4.41. The standard InChI is InChI=1S/C11H10O5/c1-2-6-16-11(15)7-4-3-5-8(12)9(7)10(13)14/h2-5,12H,1,6H2,(H,13,14). The third kappa shape index (κ3) is 2.38. The normalized spacial score (nSPS) is 9.50. The maximum Gasteiger partial charge on any atom is 0.340 e. The molecule has 5 heteroatoms. The summed E-state index contributed by atoms with van der Waals surface area (Å²) in [4.78, 5) is 22.3. The average Bonchev–Trinajstić information content (AvgIpc) is 2.24. The van der Waals surface area contributed by atoms with Crippen molar-refractivity contribution in [3.8, 4) is 5.75 Å². The summed E-state index contributed by atoms with van der Waals surface area (Å²) in [5.41, 5.74) is -0.647. The zero-order valence-electron chi connectivity index (χ0n) is 8.34. The van der Waals surface area contributed by atoms with Gasteiger partial charge in [-0.05, 0) is 12.1 Å². The van der Waals surface area contributed by atoms with Crippen LogP contribution in [0.2, 0.25) is 0 Å². The molecule has 0 atom stereocenters. The molecule has 2 N–H and O–H groups in total. The number of rotatable bonds is 4. The second-order valence-corrected chi connectivity index (χ2v) is 2.89. The van der Waals surface area contributed by atoms with E-state index in [0.29, 0.717) is 0 Å². The molecule has 0 heterocycles. The van der Waals surface area contributed by atoms with E-state index in [-0.39, 0.29) is 12.2 Å². The van der Waals surface area contributed by atoms with Gasteiger partial charge in [-0.3, -0.25) is 0 Å². The largest absolute Gasteiger partial charge is 0.507 e. The van der Waals surface area contributed by atoms with Gasteiger partial charge >= 0.3 is 11.9 Å². The summed E-state index contributed by atoms with van der Waals surface area (Å²) in [6, 6.07) is 3.83. The first-order chi connectivity index (χ1) is 7.57. The van der Waals surface area contributed by atoms with E-state index in [1.165, 1.54) is 24.3 Å². The summed E-state index contributed by atoms with van der Waals surface area (Å²) >= 11 is 0. The van der Waals surface area contributed by atoms with Gasteiger partial charge in [0, 0.05) is 0 Å². The lowest BCUT2D eigenvalue weighted by Crippen LogP contribution is -2.11. The summed E-state index contributed by atoms with van der Waals surface area (Å²) in [5.74, 6) is -2.67. The van der Waals surface area contributed by atoms with E-state index in [2.05, 4.69) is 6.58 Å². The van der Waals surface area contributed by atoms with Crippen molar-refractivity contribution < 1.29 is 24.5 Å². The van der Waals surface area contributed by atoms with Gasteiger partial charge in [-0.2, -0.15) is 0 Å². The Kier molecular flexibility index (Phi) is 3.66. The van der Waals surface area contributed by atoms with Gasteiger partial charge in [-0.25, -0.2) is 9.59 Å². The van der Waals surface area contributed by atoms with Gasteiger partial charge < -0.3 is 14.9 Å². The number of aromatic hydroxyl groups is 1. The summed E-state index contributed by atoms with van der Waals surface area (Å²) in [5, 5.41) is 18.2. The van der Waals surface area contributed by atoms with Crippen molar-refractivity contribution in [2.75, 3.05) is 6.61 Å². The first-order valence-corrected chi connectivity index (χ1v) is 4.41. The van der Waals surface area contributed by atoms with E-state index in [4.69, 9.17) is 9.84 Å². The Labute approximate surface area is 91.6 Å². The Balaban J connectivity index is 3.12. The van der Waals surface area contributed by atoms with Crippen LogP contribution in [0.25, 0.3) is 0 Å². The molecule has 0 bridgehead atoms. The number of esters is 1. The Hall–Kier alpha value is -2.30. The van der Waals surface area contributed by atoms with Crippen molar-refractivity contribution in [3.63, 3.8) is 0 Å². The van der Waals surface area contributed by atoms with Crippen LogP contribution in [0.5, 0.6) is 5.75 Å². The highest BCUT2D eigenvalue weighted by Gasteiger charge is 2.20. The van der Waals surface area contributed by atoms with Crippen LogP contribution in [-0.4, -0.2) is 28.8 Å². The fourth-order valence-electron chi connectivity index (χ4n) is 1.15. The minimum Gasteiger partial charge on any atom is -0.507 e. The second-order valence-electron chi connectivity index (χ2n) is 2.89. The molecule has 5 nitrogen and oxygen atoms in total. The zero-order chi connectivity index (χ0) is 12.1. The number of aromatic carboxylic acids is 1. The topological polar surface area (TPSA) is 83.8 Å². The zero-order valence-corrected chi connectivity index (χ0v) is 8.34. The van der Waals surface area contributed by atoms with Crippen molar-refractivity contribution in [2.45, 2.75) is 0 Å². The van der Waals surface area contributed by atoms with Crippen molar-refractivity contribution in [3.05, 3.63) is 42.0 Å². The smallest absolute Gasteiger partial charge is 0.340 e. The number of ether oxygens (including phenoxy) is 1. The van der Waals surface area contributed by atoms with E-state index in [1.54, 1.807) is 0 Å². The summed E-state index contributed by atoms with van der Waals surface area (Å²) in [6.07, 6.45) is 1.36. The molecule has 0 aliphatic rings. The van der Waals surface area contributed by atoms with Crippen molar-refractivity contribution in [1.29, 1.82) is 0 Å². The highest BCUT2D eigenvalue weighted by atomic mass is 16.5. The molecular weight excluding hydrogens is 212 g/mol. The lowest BCUT2D eigenvalue weighted by Gasteiger charge is -2.06. The molecule has 0 spiro atoms. The van der Waals surface area contributed by atoms with E-state index < -0.39 is 23.3 Å². The van der Waals surface area contributed by atoms with Crippen LogP contribution in [0.4, 0.5) is 0 Å². The molecule has 0 unspecified atom stereocenters. The average molecular weight is 222 g/mol. The fourth-order valence-corrected chi connectivity index (χ4v) is 1.15. The predicted molar refractivity (Wildman–Crippen MR) is 55.5 cm³/mol. The SMILES string of the molecule is C=CCOC(=O)c1cccc(O)c1C(=O)O. The number of phenols is 1. The van der Waals surface area contributed by atoms with Crippen LogP contribution in [-0.2, 0) is 4.74 Å². The molecule has 1 aromatic rings. The van der Waals surface area contributed by atoms with Gasteiger partial charge in [-0.15, -0.1) is 0 Å². The number of carbonyl (C=O) groups is 2. The number of benzene rings is 1. The Morgan fingerprint density at radius 1 is 1.44 bits per heavy atom. The number of hydrogen-bond donors (Lipinski definition) is 2. The summed E-state index contributed by atoms with van der Waals surface area (Å²) in [7, 11) is 0. The molecule has 0 aliphatic carbocycles. The van der Waals surface area contributed by atoms with Gasteiger partial charge in [0.05, 0.1) is 5.56 Å². The van der Waals surface area contributed by atoms with Crippen molar-refractivity contribution >= 4 is 11.9 Å². The molecule has 84 valence electrons. The number of carbonyl (C=O) groups excluding carboxylic acids is 1. The summed E-state index contributed by atoms with van der Waals surface area (Å²) in [6.45, 7) is 3.34. The highest BCUT2D eigenvalue weighted by molar-refractivity contribution is 6.04. The molecule has 1 rings (SSSR count). The lowest BCUT2D eigenvalue weighted by atomic mass is 10.1. The van der Waals surface area contributed by atoms with Gasteiger partial charge in [0.15, 0.2) is 0 Å². The quantitative estimate of drug-likeness (QED) is 0.594. The van der Waals surface area contributed by atoms with E-state index in [1.807, 2.05) is 0 Å². The van der Waals surface area contributed by atoms with Crippen molar-refractivity contribution in [2.24, 2.45) is 0 Å². The molecule has 0 amide bonds. The van der Waals surface area contributed by atoms with Crippen LogP contribution in [0.15, 0.2) is 30.9 Å². The molecule has 1 aromatic carbocycles. The van der Waals surface area contributed by atoms with Gasteiger partial charge in [0.1, 0.15) is 17.9 Å². The predicted octanol–water partition coefficient (Wildman–Crippen LogP) is 1.43. The van der Waals surface area contributed by atoms with Gasteiger partial charge in [0.2, 0.25) is 0 Å². The maximum absolute atomic E-state index is 11.4. The number of hydrogen-bond acceptors (Lipinski definition) is 4. The molecule has 0 saturated carbocycles. The highest BCUT2D eigenvalue weighted by Crippen LogP contribution is 2.21. The fraction of sp³-hybridized carbons (Fsp3) is 0.0909. The van der Waals surface area contributed by atoms with E-state index in [9.17, 15) is 14.7 Å². The molecule has 0 aromatic heterocycles. The minimum atomic E-state index is -1.39. The number of carboxylic acids is 1. The summed E-state index contributed by atoms with van der Waals surface area (Å²) < 4.78 is 4.69. The third-order valence-corrected chi connectivity index (χ3v) is 1.81. The van der Waals surface area contributed by atoms with Crippen LogP contribution in [0, 0.1) is 0 Å². The molecule has 16 heavy (non-hydrogen) atoms. The van der Waals surface area contributed by atoms with Crippen LogP contribution in [0.3, 0.4) is 0 Å². The molecular formula is C11H10O5. The third-order valence-electron chi connectivity index (χ3n) is 1.81. The molecule has 0 radical (unpaired) electrons. The van der Waals surface area contributed by atoms with Crippen LogP contribution in [0.1, 0.15) is 20.7 Å². The number of carboxylic acid groups (broad SMARTS) is 1. The van der Waals surface area contributed by atoms with Crippen LogP contribution < -0.4 is 0 Å². The van der Waals surface area contributed by atoms with E-state index in [0.717, 1.165) is 0 Å². The minimum absolute atomic E-state index is 0.0203. The Morgan fingerprint density at radius 3 is 2.69 bits per heavy atom. The molecule has 0 aliphatic heterocycles. The van der Waals surface area contributed by atoms with Gasteiger partial charge in [-0.1, -0.05) is 18.7 Å². The van der Waals surface area contributed by atoms with Gasteiger partial charge in [0.25, 0.3) is 0 Å². The Bertz CT molecular complexity index is 436. The first kappa shape index (κ1) is 11.8. The molecule has 0 fully saturated rings. The second kappa shape index (κ2) is 4.97. The monoisotopic (exact) mass is 222 g/mol. The van der Waals surface area contributed by atoms with Crippen molar-refractivity contribution in [1.82, 2.24) is 0 Å². The maximum atomic E-state index is 11.4. The van der Waals surface area contributed by atoms with Crippen LogP contribution >= 0.6 is 0 Å². The van der Waals surface area contributed by atoms with E-state index >= 15 is 0 Å².